The lowest BCUT2D eigenvalue weighted by Gasteiger charge is -2.23. The number of ether oxygens (including phenoxy) is 2. The van der Waals surface area contributed by atoms with Gasteiger partial charge in [0, 0.05) is 37.6 Å². The average molecular weight is 389 g/mol. The summed E-state index contributed by atoms with van der Waals surface area (Å²) in [5.74, 6) is 1.55. The van der Waals surface area contributed by atoms with Crippen molar-refractivity contribution in [3.63, 3.8) is 0 Å². The van der Waals surface area contributed by atoms with Gasteiger partial charge >= 0.3 is 0 Å². The maximum atomic E-state index is 13.1. The van der Waals surface area contributed by atoms with Gasteiger partial charge in [-0.3, -0.25) is 4.79 Å². The summed E-state index contributed by atoms with van der Waals surface area (Å²) in [6.45, 7) is 0.475. The largest absolute Gasteiger partial charge is 0.497 e. The second-order valence-electron chi connectivity index (χ2n) is 7.01. The van der Waals surface area contributed by atoms with Crippen LogP contribution in [0.5, 0.6) is 11.5 Å². The zero-order valence-corrected chi connectivity index (χ0v) is 17.2. The predicted octanol–water partition coefficient (Wildman–Crippen LogP) is 4.88. The molecule has 0 spiro atoms. The average Bonchev–Trinajstić information content (AvgIpc) is 2.78. The summed E-state index contributed by atoms with van der Waals surface area (Å²) in [6, 6.07) is 26.0. The minimum atomic E-state index is 0.0186. The van der Waals surface area contributed by atoms with Gasteiger partial charge in [-0.1, -0.05) is 60.7 Å². The first-order chi connectivity index (χ1) is 14.1. The van der Waals surface area contributed by atoms with Gasteiger partial charge in [0.15, 0.2) is 0 Å². The smallest absolute Gasteiger partial charge is 0.223 e. The summed E-state index contributed by atoms with van der Waals surface area (Å²) in [5, 5.41) is 0. The first-order valence-electron chi connectivity index (χ1n) is 9.67. The Balaban J connectivity index is 1.78. The molecule has 0 heterocycles. The van der Waals surface area contributed by atoms with E-state index in [-0.39, 0.29) is 11.8 Å². The van der Waals surface area contributed by atoms with Gasteiger partial charge < -0.3 is 14.4 Å². The quantitative estimate of drug-likeness (QED) is 0.551. The second kappa shape index (κ2) is 9.78. The normalized spacial score (nSPS) is 10.6. The van der Waals surface area contributed by atoms with Crippen LogP contribution in [0.15, 0.2) is 78.9 Å². The fourth-order valence-corrected chi connectivity index (χ4v) is 3.46. The molecule has 0 bridgehead atoms. The third-order valence-corrected chi connectivity index (χ3v) is 5.11. The van der Waals surface area contributed by atoms with E-state index in [1.165, 1.54) is 0 Å². The molecule has 29 heavy (non-hydrogen) atoms. The Morgan fingerprint density at radius 2 is 1.45 bits per heavy atom. The van der Waals surface area contributed by atoms with Gasteiger partial charge in [0.2, 0.25) is 5.91 Å². The van der Waals surface area contributed by atoms with Crippen LogP contribution in [0.4, 0.5) is 0 Å². The van der Waals surface area contributed by atoms with E-state index in [0.717, 1.165) is 22.4 Å². The number of methoxy groups -OCH3 is 2. The molecule has 0 aliphatic carbocycles. The van der Waals surface area contributed by atoms with Crippen LogP contribution in [0.1, 0.15) is 29.0 Å². The standard InChI is InChI=1S/C25H27NO3/c1-26(18-21-14-15-22(28-2)16-24(21)29-3)25(27)17-23(19-10-6-4-7-11-19)20-12-8-5-9-13-20/h4-16,23H,17-18H2,1-3H3. The first kappa shape index (κ1) is 20.5. The van der Waals surface area contributed by atoms with Gasteiger partial charge in [0.05, 0.1) is 14.2 Å². The van der Waals surface area contributed by atoms with E-state index in [4.69, 9.17) is 9.47 Å². The Hall–Kier alpha value is -3.27. The SMILES string of the molecule is COc1ccc(CN(C)C(=O)CC(c2ccccc2)c2ccccc2)c(OC)c1. The number of hydrogen-bond acceptors (Lipinski definition) is 3. The van der Waals surface area contributed by atoms with Crippen LogP contribution >= 0.6 is 0 Å². The van der Waals surface area contributed by atoms with E-state index in [0.29, 0.717) is 18.7 Å². The van der Waals surface area contributed by atoms with Crippen molar-refractivity contribution in [1.29, 1.82) is 0 Å². The van der Waals surface area contributed by atoms with Gasteiger partial charge in [0.25, 0.3) is 0 Å². The Morgan fingerprint density at radius 3 is 1.97 bits per heavy atom. The monoisotopic (exact) mass is 389 g/mol. The molecule has 0 unspecified atom stereocenters. The molecule has 1 amide bonds. The topological polar surface area (TPSA) is 38.8 Å². The molecule has 0 aliphatic rings. The fraction of sp³-hybridized carbons (Fsp3) is 0.240. The number of hydrogen-bond donors (Lipinski definition) is 0. The van der Waals surface area contributed by atoms with Gasteiger partial charge in [-0.25, -0.2) is 0 Å². The van der Waals surface area contributed by atoms with Crippen LogP contribution in [0, 0.1) is 0 Å². The van der Waals surface area contributed by atoms with Crippen molar-refractivity contribution in [2.45, 2.75) is 18.9 Å². The van der Waals surface area contributed by atoms with Crippen molar-refractivity contribution in [2.24, 2.45) is 0 Å². The molecular formula is C25H27NO3. The van der Waals surface area contributed by atoms with Crippen molar-refractivity contribution in [3.05, 3.63) is 95.6 Å². The van der Waals surface area contributed by atoms with Gasteiger partial charge in [0.1, 0.15) is 11.5 Å². The highest BCUT2D eigenvalue weighted by Crippen LogP contribution is 2.30. The second-order valence-corrected chi connectivity index (χ2v) is 7.01. The zero-order chi connectivity index (χ0) is 20.6. The maximum absolute atomic E-state index is 13.1. The Morgan fingerprint density at radius 1 is 0.862 bits per heavy atom. The Kier molecular flexibility index (Phi) is 6.90. The molecule has 3 aromatic carbocycles. The van der Waals surface area contributed by atoms with Crippen molar-refractivity contribution in [3.8, 4) is 11.5 Å². The number of rotatable bonds is 8. The minimum Gasteiger partial charge on any atom is -0.497 e. The summed E-state index contributed by atoms with van der Waals surface area (Å²) >= 11 is 0. The number of amides is 1. The summed E-state index contributed by atoms with van der Waals surface area (Å²) < 4.78 is 10.7. The highest BCUT2D eigenvalue weighted by Gasteiger charge is 2.21. The Labute approximate surface area is 172 Å². The highest BCUT2D eigenvalue weighted by atomic mass is 16.5. The van der Waals surface area contributed by atoms with Gasteiger partial charge in [-0.2, -0.15) is 0 Å². The number of carbonyl (C=O) groups excluding carboxylic acids is 1. The highest BCUT2D eigenvalue weighted by molar-refractivity contribution is 5.77. The molecule has 0 aliphatic heterocycles. The predicted molar refractivity (Wildman–Crippen MR) is 115 cm³/mol. The van der Waals surface area contributed by atoms with Crippen molar-refractivity contribution >= 4 is 5.91 Å². The number of benzene rings is 3. The zero-order valence-electron chi connectivity index (χ0n) is 17.2. The van der Waals surface area contributed by atoms with Crippen LogP contribution in [-0.2, 0) is 11.3 Å². The van der Waals surface area contributed by atoms with E-state index in [9.17, 15) is 4.79 Å². The first-order valence-corrected chi connectivity index (χ1v) is 9.67. The third kappa shape index (κ3) is 5.17. The molecule has 0 saturated carbocycles. The van der Waals surface area contributed by atoms with E-state index in [1.54, 1.807) is 19.1 Å². The summed E-state index contributed by atoms with van der Waals surface area (Å²) in [4.78, 5) is 14.8. The molecule has 150 valence electrons. The van der Waals surface area contributed by atoms with Gasteiger partial charge in [-0.15, -0.1) is 0 Å². The summed E-state index contributed by atoms with van der Waals surface area (Å²) in [6.07, 6.45) is 0.406. The van der Waals surface area contributed by atoms with Crippen LogP contribution in [0.3, 0.4) is 0 Å². The van der Waals surface area contributed by atoms with Crippen molar-refractivity contribution < 1.29 is 14.3 Å². The van der Waals surface area contributed by atoms with Crippen molar-refractivity contribution in [2.75, 3.05) is 21.3 Å². The molecule has 0 fully saturated rings. The Bertz CT molecular complexity index is 886. The van der Waals surface area contributed by atoms with E-state index < -0.39 is 0 Å². The number of carbonyl (C=O) groups is 1. The fourth-order valence-electron chi connectivity index (χ4n) is 3.46. The van der Waals surface area contributed by atoms with E-state index in [2.05, 4.69) is 24.3 Å². The molecule has 3 rings (SSSR count). The van der Waals surface area contributed by atoms with Crippen LogP contribution < -0.4 is 9.47 Å². The van der Waals surface area contributed by atoms with E-state index >= 15 is 0 Å². The molecular weight excluding hydrogens is 362 g/mol. The number of nitrogens with zero attached hydrogens (tertiary/aromatic N) is 1. The lowest BCUT2D eigenvalue weighted by atomic mass is 9.88. The van der Waals surface area contributed by atoms with Crippen LogP contribution in [-0.4, -0.2) is 32.1 Å². The summed E-state index contributed by atoms with van der Waals surface area (Å²) in [5.41, 5.74) is 3.23. The van der Waals surface area contributed by atoms with E-state index in [1.807, 2.05) is 61.6 Å². The lowest BCUT2D eigenvalue weighted by Crippen LogP contribution is -2.28. The molecule has 4 nitrogen and oxygen atoms in total. The molecule has 0 N–H and O–H groups in total. The van der Waals surface area contributed by atoms with Crippen LogP contribution in [0.2, 0.25) is 0 Å². The molecule has 0 aromatic heterocycles. The molecule has 0 atom stereocenters. The van der Waals surface area contributed by atoms with Crippen LogP contribution in [0.25, 0.3) is 0 Å². The van der Waals surface area contributed by atoms with Crippen molar-refractivity contribution in [1.82, 2.24) is 4.90 Å². The lowest BCUT2D eigenvalue weighted by molar-refractivity contribution is -0.130. The summed E-state index contributed by atoms with van der Waals surface area (Å²) in [7, 11) is 5.08. The minimum absolute atomic E-state index is 0.0186. The maximum Gasteiger partial charge on any atom is 0.223 e. The molecule has 0 radical (unpaired) electrons. The third-order valence-electron chi connectivity index (χ3n) is 5.11. The molecule has 3 aromatic rings. The molecule has 4 heteroatoms. The molecule has 0 saturated heterocycles. The van der Waals surface area contributed by atoms with Gasteiger partial charge in [-0.05, 0) is 23.3 Å².